The molecule has 0 radical (unpaired) electrons. The highest BCUT2D eigenvalue weighted by Gasteiger charge is 2.23. The Morgan fingerprint density at radius 3 is 2.00 bits per heavy atom. The van der Waals surface area contributed by atoms with Crippen molar-refractivity contribution in [1.82, 2.24) is 5.32 Å². The quantitative estimate of drug-likeness (QED) is 0.700. The molecule has 0 rings (SSSR count). The molecule has 0 aromatic heterocycles. The number of aliphatic hydroxyl groups is 1. The Kier molecular flexibility index (Phi) is 3.91. The van der Waals surface area contributed by atoms with E-state index in [4.69, 9.17) is 0 Å². The van der Waals surface area contributed by atoms with Crippen LogP contribution < -0.4 is 5.32 Å². The van der Waals surface area contributed by atoms with Gasteiger partial charge in [-0.25, -0.2) is 0 Å². The molecule has 0 aliphatic carbocycles. The van der Waals surface area contributed by atoms with Gasteiger partial charge in [0.15, 0.2) is 0 Å². The molecule has 0 bridgehead atoms. The van der Waals surface area contributed by atoms with Crippen molar-refractivity contribution in [3.8, 4) is 0 Å². The predicted molar refractivity (Wildman–Crippen MR) is 53.4 cm³/mol. The molecule has 3 heteroatoms. The van der Waals surface area contributed by atoms with E-state index in [0.29, 0.717) is 6.54 Å². The van der Waals surface area contributed by atoms with Gasteiger partial charge in [0.25, 0.3) is 5.91 Å². The van der Waals surface area contributed by atoms with Crippen molar-refractivity contribution >= 4 is 5.91 Å². The Bertz CT molecular complexity index is 174. The minimum atomic E-state index is -1.27. The number of amides is 1. The molecule has 0 aliphatic heterocycles. The van der Waals surface area contributed by atoms with E-state index >= 15 is 0 Å². The molecular weight excluding hydrogens is 166 g/mol. The number of nitrogens with one attached hydrogen (secondary N) is 1. The Morgan fingerprint density at radius 1 is 1.23 bits per heavy atom. The van der Waals surface area contributed by atoms with Gasteiger partial charge >= 0.3 is 0 Å². The molecule has 0 unspecified atom stereocenters. The second-order valence-electron chi connectivity index (χ2n) is 5.13. The second kappa shape index (κ2) is 4.09. The fourth-order valence-electron chi connectivity index (χ4n) is 0.767. The molecule has 0 aromatic carbocycles. The van der Waals surface area contributed by atoms with Crippen molar-refractivity contribution in [3.63, 3.8) is 0 Å². The van der Waals surface area contributed by atoms with E-state index in [-0.39, 0.29) is 11.3 Å². The fourth-order valence-corrected chi connectivity index (χ4v) is 0.767. The zero-order valence-corrected chi connectivity index (χ0v) is 9.27. The highest BCUT2D eigenvalue weighted by Crippen LogP contribution is 2.17. The topological polar surface area (TPSA) is 49.3 Å². The molecule has 0 spiro atoms. The Hall–Kier alpha value is -0.570. The van der Waals surface area contributed by atoms with E-state index in [1.807, 2.05) is 0 Å². The van der Waals surface area contributed by atoms with Gasteiger partial charge in [-0.15, -0.1) is 0 Å². The molecule has 78 valence electrons. The first-order chi connectivity index (χ1) is 5.63. The zero-order chi connectivity index (χ0) is 10.7. The van der Waals surface area contributed by atoms with E-state index in [1.165, 1.54) is 13.8 Å². The third kappa shape index (κ3) is 6.58. The fraction of sp³-hybridized carbons (Fsp3) is 0.900. The lowest BCUT2D eigenvalue weighted by Gasteiger charge is -2.21. The second-order valence-corrected chi connectivity index (χ2v) is 5.13. The standard InChI is InChI=1S/C10H21NO2/c1-9(2,3)6-7-11-8(12)10(4,5)13/h13H,6-7H2,1-5H3,(H,11,12). The Balaban J connectivity index is 3.74. The maximum atomic E-state index is 11.2. The van der Waals surface area contributed by atoms with Crippen LogP contribution in [0.15, 0.2) is 0 Å². The maximum Gasteiger partial charge on any atom is 0.251 e. The van der Waals surface area contributed by atoms with E-state index in [0.717, 1.165) is 6.42 Å². The lowest BCUT2D eigenvalue weighted by atomic mass is 9.92. The molecule has 0 fully saturated rings. The average Bonchev–Trinajstić information content (AvgIpc) is 1.82. The number of carbonyl (C=O) groups excluding carboxylic acids is 1. The van der Waals surface area contributed by atoms with E-state index in [9.17, 15) is 9.90 Å². The van der Waals surface area contributed by atoms with Crippen LogP contribution in [-0.2, 0) is 4.79 Å². The van der Waals surface area contributed by atoms with Gasteiger partial charge in [0.05, 0.1) is 0 Å². The molecule has 0 atom stereocenters. The molecule has 3 nitrogen and oxygen atoms in total. The lowest BCUT2D eigenvalue weighted by molar-refractivity contribution is -0.136. The first-order valence-corrected chi connectivity index (χ1v) is 4.63. The molecular formula is C10H21NO2. The third-order valence-corrected chi connectivity index (χ3v) is 1.72. The van der Waals surface area contributed by atoms with Crippen LogP contribution in [0.3, 0.4) is 0 Å². The summed E-state index contributed by atoms with van der Waals surface area (Å²) in [7, 11) is 0. The van der Waals surface area contributed by atoms with Gasteiger partial charge in [-0.3, -0.25) is 4.79 Å². The van der Waals surface area contributed by atoms with Gasteiger partial charge in [-0.2, -0.15) is 0 Å². The number of carbonyl (C=O) groups is 1. The van der Waals surface area contributed by atoms with Crippen LogP contribution in [-0.4, -0.2) is 23.2 Å². The van der Waals surface area contributed by atoms with Gasteiger partial charge in [-0.1, -0.05) is 20.8 Å². The molecule has 2 N–H and O–H groups in total. The first kappa shape index (κ1) is 12.4. The summed E-state index contributed by atoms with van der Waals surface area (Å²) in [6.07, 6.45) is 0.912. The normalized spacial score (nSPS) is 12.8. The zero-order valence-electron chi connectivity index (χ0n) is 9.27. The van der Waals surface area contributed by atoms with Crippen LogP contribution in [0.25, 0.3) is 0 Å². The highest BCUT2D eigenvalue weighted by atomic mass is 16.3. The van der Waals surface area contributed by atoms with E-state index in [2.05, 4.69) is 26.1 Å². The van der Waals surface area contributed by atoms with Crippen LogP contribution in [0.4, 0.5) is 0 Å². The first-order valence-electron chi connectivity index (χ1n) is 4.63. The summed E-state index contributed by atoms with van der Waals surface area (Å²) in [6.45, 7) is 9.93. The Labute approximate surface area is 80.5 Å². The van der Waals surface area contributed by atoms with Gasteiger partial charge in [0.2, 0.25) is 0 Å². The average molecular weight is 187 g/mol. The molecule has 0 aliphatic rings. The molecule has 13 heavy (non-hydrogen) atoms. The van der Waals surface area contributed by atoms with Crippen molar-refractivity contribution in [3.05, 3.63) is 0 Å². The lowest BCUT2D eigenvalue weighted by Crippen LogP contribution is -2.42. The summed E-state index contributed by atoms with van der Waals surface area (Å²) < 4.78 is 0. The van der Waals surface area contributed by atoms with Gasteiger partial charge in [0, 0.05) is 6.54 Å². The Morgan fingerprint density at radius 2 is 1.69 bits per heavy atom. The highest BCUT2D eigenvalue weighted by molar-refractivity contribution is 5.83. The number of hydrogen-bond donors (Lipinski definition) is 2. The third-order valence-electron chi connectivity index (χ3n) is 1.72. The predicted octanol–water partition coefficient (Wildman–Crippen LogP) is 1.31. The van der Waals surface area contributed by atoms with Crippen LogP contribution in [0.2, 0.25) is 0 Å². The van der Waals surface area contributed by atoms with E-state index < -0.39 is 5.60 Å². The van der Waals surface area contributed by atoms with Crippen molar-refractivity contribution in [2.24, 2.45) is 5.41 Å². The minimum absolute atomic E-state index is 0.215. The van der Waals surface area contributed by atoms with Gasteiger partial charge in [-0.05, 0) is 25.7 Å². The van der Waals surface area contributed by atoms with Gasteiger partial charge < -0.3 is 10.4 Å². The molecule has 0 aromatic rings. The van der Waals surface area contributed by atoms with Crippen molar-refractivity contribution < 1.29 is 9.90 Å². The summed E-state index contributed by atoms with van der Waals surface area (Å²) in [5, 5.41) is 12.0. The number of rotatable bonds is 3. The smallest absolute Gasteiger partial charge is 0.251 e. The van der Waals surface area contributed by atoms with Crippen LogP contribution in [0, 0.1) is 5.41 Å². The largest absolute Gasteiger partial charge is 0.381 e. The van der Waals surface area contributed by atoms with E-state index in [1.54, 1.807) is 0 Å². The molecule has 1 amide bonds. The van der Waals surface area contributed by atoms with Crippen molar-refractivity contribution in [2.75, 3.05) is 6.54 Å². The molecule has 0 saturated heterocycles. The molecule has 0 saturated carbocycles. The number of hydrogen-bond acceptors (Lipinski definition) is 2. The summed E-state index contributed by atoms with van der Waals surface area (Å²) in [5.74, 6) is -0.309. The minimum Gasteiger partial charge on any atom is -0.381 e. The summed E-state index contributed by atoms with van der Waals surface area (Å²) >= 11 is 0. The van der Waals surface area contributed by atoms with Crippen molar-refractivity contribution in [2.45, 2.75) is 46.6 Å². The summed E-state index contributed by atoms with van der Waals surface area (Å²) in [5.41, 5.74) is -1.05. The molecule has 0 heterocycles. The van der Waals surface area contributed by atoms with Crippen LogP contribution >= 0.6 is 0 Å². The SMILES string of the molecule is CC(C)(C)CCNC(=O)C(C)(C)O. The van der Waals surface area contributed by atoms with Crippen LogP contribution in [0.1, 0.15) is 41.0 Å². The monoisotopic (exact) mass is 187 g/mol. The summed E-state index contributed by atoms with van der Waals surface area (Å²) in [6, 6.07) is 0. The van der Waals surface area contributed by atoms with Gasteiger partial charge in [0.1, 0.15) is 5.60 Å². The van der Waals surface area contributed by atoms with Crippen molar-refractivity contribution in [1.29, 1.82) is 0 Å². The maximum absolute atomic E-state index is 11.2. The summed E-state index contributed by atoms with van der Waals surface area (Å²) in [4.78, 5) is 11.2. The van der Waals surface area contributed by atoms with Crippen LogP contribution in [0.5, 0.6) is 0 Å².